The Morgan fingerprint density at radius 1 is 1.55 bits per heavy atom. The molecule has 0 spiro atoms. The third kappa shape index (κ3) is 3.77. The molecule has 1 atom stereocenters. The lowest BCUT2D eigenvalue weighted by atomic mass is 10.2. The predicted molar refractivity (Wildman–Crippen MR) is 50.1 cm³/mol. The maximum Gasteiger partial charge on any atom is 0.242 e. The van der Waals surface area contributed by atoms with Crippen molar-refractivity contribution >= 4 is 17.1 Å². The standard InChI is InChI=1S/C8H18NOS/c1-6-7(2)9(4,5)11-8(3)10/h7H,6H2,1-5H3/q+1. The van der Waals surface area contributed by atoms with Gasteiger partial charge in [-0.1, -0.05) is 6.92 Å². The van der Waals surface area contributed by atoms with E-state index in [2.05, 4.69) is 27.9 Å². The van der Waals surface area contributed by atoms with Gasteiger partial charge in [0.25, 0.3) is 0 Å². The van der Waals surface area contributed by atoms with Crippen LogP contribution < -0.4 is 0 Å². The van der Waals surface area contributed by atoms with E-state index in [0.29, 0.717) is 6.04 Å². The minimum Gasteiger partial charge on any atom is -0.282 e. The fourth-order valence-corrected chi connectivity index (χ4v) is 1.85. The van der Waals surface area contributed by atoms with Crippen LogP contribution in [0, 0.1) is 0 Å². The maximum atomic E-state index is 10.8. The number of quaternary nitrogens is 1. The molecule has 0 aliphatic carbocycles. The van der Waals surface area contributed by atoms with Crippen molar-refractivity contribution in [2.24, 2.45) is 0 Å². The third-order valence-electron chi connectivity index (χ3n) is 2.02. The number of nitrogens with zero attached hydrogens (tertiary/aromatic N) is 1. The lowest BCUT2D eigenvalue weighted by Crippen LogP contribution is -2.41. The molecule has 0 amide bonds. The molecule has 0 aromatic heterocycles. The zero-order valence-corrected chi connectivity index (χ0v) is 8.86. The van der Waals surface area contributed by atoms with E-state index in [-0.39, 0.29) is 5.12 Å². The molecule has 0 aromatic carbocycles. The van der Waals surface area contributed by atoms with Gasteiger partial charge in [0.05, 0.1) is 20.1 Å². The van der Waals surface area contributed by atoms with Crippen molar-refractivity contribution in [1.82, 2.24) is 0 Å². The van der Waals surface area contributed by atoms with Gasteiger partial charge in [0.1, 0.15) is 0 Å². The van der Waals surface area contributed by atoms with E-state index in [4.69, 9.17) is 0 Å². The van der Waals surface area contributed by atoms with E-state index in [1.54, 1.807) is 6.92 Å². The van der Waals surface area contributed by atoms with Crippen LogP contribution in [0.5, 0.6) is 0 Å². The minimum atomic E-state index is 0.190. The summed E-state index contributed by atoms with van der Waals surface area (Å²) in [6.45, 7) is 5.92. The monoisotopic (exact) mass is 176 g/mol. The Labute approximate surface area is 73.7 Å². The molecule has 0 heterocycles. The summed E-state index contributed by atoms with van der Waals surface area (Å²) in [4.78, 5) is 10.8. The van der Waals surface area contributed by atoms with Crippen LogP contribution in [0.1, 0.15) is 27.2 Å². The van der Waals surface area contributed by atoms with Crippen molar-refractivity contribution in [3.05, 3.63) is 0 Å². The van der Waals surface area contributed by atoms with Crippen LogP contribution >= 0.6 is 11.9 Å². The summed E-state index contributed by atoms with van der Waals surface area (Å²) in [7, 11) is 4.14. The van der Waals surface area contributed by atoms with Crippen LogP contribution in [-0.4, -0.2) is 29.1 Å². The summed E-state index contributed by atoms with van der Waals surface area (Å²) in [5.41, 5.74) is 0. The lowest BCUT2D eigenvalue weighted by molar-refractivity contribution is -0.777. The van der Waals surface area contributed by atoms with Crippen LogP contribution in [0.2, 0.25) is 0 Å². The zero-order valence-electron chi connectivity index (χ0n) is 8.05. The second kappa shape index (κ2) is 4.12. The van der Waals surface area contributed by atoms with Gasteiger partial charge in [-0.05, 0) is 13.3 Å². The molecule has 0 bridgehead atoms. The molecule has 11 heavy (non-hydrogen) atoms. The molecular weight excluding hydrogens is 158 g/mol. The largest absolute Gasteiger partial charge is 0.282 e. The number of hydrogen-bond donors (Lipinski definition) is 0. The highest BCUT2D eigenvalue weighted by atomic mass is 32.2. The van der Waals surface area contributed by atoms with E-state index < -0.39 is 0 Å². The van der Waals surface area contributed by atoms with Crippen LogP contribution in [0.3, 0.4) is 0 Å². The van der Waals surface area contributed by atoms with Crippen LogP contribution in [0.25, 0.3) is 0 Å². The van der Waals surface area contributed by atoms with Crippen LogP contribution in [0.4, 0.5) is 0 Å². The van der Waals surface area contributed by atoms with Crippen LogP contribution in [0.15, 0.2) is 0 Å². The molecule has 0 aliphatic heterocycles. The molecule has 0 fully saturated rings. The van der Waals surface area contributed by atoms with E-state index in [9.17, 15) is 4.79 Å². The highest BCUT2D eigenvalue weighted by Crippen LogP contribution is 2.23. The van der Waals surface area contributed by atoms with Crippen molar-refractivity contribution in [3.8, 4) is 0 Å². The Balaban J connectivity index is 4.08. The molecule has 66 valence electrons. The third-order valence-corrected chi connectivity index (χ3v) is 3.10. The quantitative estimate of drug-likeness (QED) is 0.483. The molecule has 0 rings (SSSR count). The molecule has 0 saturated heterocycles. The fraction of sp³-hybridized carbons (Fsp3) is 0.875. The van der Waals surface area contributed by atoms with Crippen molar-refractivity contribution in [3.63, 3.8) is 0 Å². The summed E-state index contributed by atoms with van der Waals surface area (Å²) in [5.74, 6) is 0. The van der Waals surface area contributed by atoms with Crippen molar-refractivity contribution in [2.45, 2.75) is 33.2 Å². The first-order valence-electron chi connectivity index (χ1n) is 3.94. The van der Waals surface area contributed by atoms with Gasteiger partial charge in [0.15, 0.2) is 11.9 Å². The molecule has 1 unspecified atom stereocenters. The minimum absolute atomic E-state index is 0.190. The second-order valence-corrected chi connectivity index (χ2v) is 4.97. The molecule has 0 aromatic rings. The molecular formula is C8H18NOS+. The van der Waals surface area contributed by atoms with Crippen molar-refractivity contribution < 1.29 is 8.68 Å². The average Bonchev–Trinajstić information content (AvgIpc) is 1.83. The van der Waals surface area contributed by atoms with Crippen LogP contribution in [-0.2, 0) is 4.79 Å². The lowest BCUT2D eigenvalue weighted by Gasteiger charge is -2.31. The normalized spacial score (nSPS) is 14.6. The number of hydrogen-bond acceptors (Lipinski definition) is 2. The molecule has 0 aliphatic rings. The first kappa shape index (κ1) is 11.0. The summed E-state index contributed by atoms with van der Waals surface area (Å²) in [6.07, 6.45) is 1.10. The Morgan fingerprint density at radius 2 is 2.00 bits per heavy atom. The van der Waals surface area contributed by atoms with Gasteiger partial charge in [-0.25, -0.2) is 0 Å². The van der Waals surface area contributed by atoms with Crippen molar-refractivity contribution in [2.75, 3.05) is 14.1 Å². The highest BCUT2D eigenvalue weighted by Gasteiger charge is 2.26. The molecule has 2 nitrogen and oxygen atoms in total. The number of rotatable bonds is 3. The maximum absolute atomic E-state index is 10.8. The smallest absolute Gasteiger partial charge is 0.242 e. The summed E-state index contributed by atoms with van der Waals surface area (Å²) in [6, 6.07) is 0.531. The van der Waals surface area contributed by atoms with E-state index in [1.807, 2.05) is 0 Å². The van der Waals surface area contributed by atoms with Gasteiger partial charge in [0.2, 0.25) is 5.12 Å². The van der Waals surface area contributed by atoms with Gasteiger partial charge in [-0.3, -0.25) is 8.68 Å². The number of carbonyl (C=O) groups excluding carboxylic acids is 1. The molecule has 0 saturated carbocycles. The van der Waals surface area contributed by atoms with E-state index in [0.717, 1.165) is 10.3 Å². The topological polar surface area (TPSA) is 17.1 Å². The Kier molecular flexibility index (Phi) is 4.11. The second-order valence-electron chi connectivity index (χ2n) is 3.27. The summed E-state index contributed by atoms with van der Waals surface area (Å²) in [5, 5.41) is 0.190. The summed E-state index contributed by atoms with van der Waals surface area (Å²) >= 11 is 1.39. The molecule has 0 radical (unpaired) electrons. The first-order valence-corrected chi connectivity index (χ1v) is 4.71. The predicted octanol–water partition coefficient (Wildman–Crippen LogP) is 2.06. The Morgan fingerprint density at radius 3 is 2.27 bits per heavy atom. The van der Waals surface area contributed by atoms with E-state index in [1.165, 1.54) is 11.9 Å². The van der Waals surface area contributed by atoms with Gasteiger partial charge in [0, 0.05) is 6.92 Å². The Bertz CT molecular complexity index is 145. The molecule has 3 heteroatoms. The first-order chi connectivity index (χ1) is 4.90. The fourth-order valence-electron chi connectivity index (χ4n) is 0.861. The van der Waals surface area contributed by atoms with E-state index >= 15 is 0 Å². The van der Waals surface area contributed by atoms with Gasteiger partial charge in [-0.2, -0.15) is 0 Å². The Hall–Kier alpha value is -0.0200. The summed E-state index contributed by atoms with van der Waals surface area (Å²) < 4.78 is 0.728. The number of carbonyl (C=O) groups is 1. The molecule has 0 N–H and O–H groups in total. The van der Waals surface area contributed by atoms with Gasteiger partial charge < -0.3 is 0 Å². The SMILES string of the molecule is CCC(C)[N+](C)(C)SC(C)=O. The van der Waals surface area contributed by atoms with Crippen molar-refractivity contribution in [1.29, 1.82) is 0 Å². The van der Waals surface area contributed by atoms with Gasteiger partial charge >= 0.3 is 0 Å². The van der Waals surface area contributed by atoms with Gasteiger partial charge in [-0.15, -0.1) is 0 Å². The average molecular weight is 176 g/mol. The highest BCUT2D eigenvalue weighted by molar-refractivity contribution is 8.08. The zero-order chi connectivity index (χ0) is 9.07.